The molecule has 0 amide bonds. The molecule has 1 aromatic rings. The standard InChI is InChI=1S/C12H18N4S/c1-4-12(5-2,17-3)9-16-11-10(8-13)14-6-7-15-11/h6-7H,4-5,9H2,1-3H3,(H,15,16). The van der Waals surface area contributed by atoms with E-state index in [1.54, 1.807) is 6.20 Å². The number of thioether (sulfide) groups is 1. The second-order valence-corrected chi connectivity index (χ2v) is 5.09. The van der Waals surface area contributed by atoms with Crippen molar-refractivity contribution in [2.75, 3.05) is 18.1 Å². The molecule has 92 valence electrons. The second-order valence-electron chi connectivity index (χ2n) is 3.81. The molecule has 0 aliphatic rings. The fraction of sp³-hybridized carbons (Fsp3) is 0.583. The number of nitrogens with zero attached hydrogens (tertiary/aromatic N) is 3. The van der Waals surface area contributed by atoms with Crippen molar-refractivity contribution >= 4 is 17.6 Å². The number of rotatable bonds is 6. The zero-order valence-corrected chi connectivity index (χ0v) is 11.3. The van der Waals surface area contributed by atoms with Gasteiger partial charge in [-0.1, -0.05) is 13.8 Å². The van der Waals surface area contributed by atoms with Gasteiger partial charge in [0, 0.05) is 23.7 Å². The van der Waals surface area contributed by atoms with Crippen molar-refractivity contribution in [3.63, 3.8) is 0 Å². The van der Waals surface area contributed by atoms with Crippen LogP contribution in [0.25, 0.3) is 0 Å². The summed E-state index contributed by atoms with van der Waals surface area (Å²) in [6, 6.07) is 2.04. The van der Waals surface area contributed by atoms with Crippen molar-refractivity contribution in [2.24, 2.45) is 0 Å². The van der Waals surface area contributed by atoms with E-state index in [0.717, 1.165) is 19.4 Å². The van der Waals surface area contributed by atoms with Crippen LogP contribution in [0.15, 0.2) is 12.4 Å². The van der Waals surface area contributed by atoms with Gasteiger partial charge < -0.3 is 5.32 Å². The molecular weight excluding hydrogens is 232 g/mol. The Kier molecular flexibility index (Phi) is 5.23. The van der Waals surface area contributed by atoms with E-state index in [1.807, 2.05) is 17.8 Å². The van der Waals surface area contributed by atoms with Gasteiger partial charge in [0.15, 0.2) is 11.5 Å². The minimum absolute atomic E-state index is 0.199. The lowest BCUT2D eigenvalue weighted by atomic mass is 10.0. The van der Waals surface area contributed by atoms with E-state index in [4.69, 9.17) is 5.26 Å². The van der Waals surface area contributed by atoms with Crippen molar-refractivity contribution in [1.82, 2.24) is 9.97 Å². The van der Waals surface area contributed by atoms with Crippen LogP contribution in [0.3, 0.4) is 0 Å². The van der Waals surface area contributed by atoms with Crippen LogP contribution >= 0.6 is 11.8 Å². The summed E-state index contributed by atoms with van der Waals surface area (Å²) in [5, 5.41) is 12.2. The normalized spacial score (nSPS) is 10.9. The Balaban J connectivity index is 2.76. The molecule has 1 aromatic heterocycles. The van der Waals surface area contributed by atoms with Crippen LogP contribution in [0, 0.1) is 11.3 Å². The fourth-order valence-electron chi connectivity index (χ4n) is 1.65. The maximum Gasteiger partial charge on any atom is 0.182 e. The largest absolute Gasteiger partial charge is 0.366 e. The molecular formula is C12H18N4S. The van der Waals surface area contributed by atoms with E-state index in [9.17, 15) is 0 Å². The quantitative estimate of drug-likeness (QED) is 0.841. The van der Waals surface area contributed by atoms with Gasteiger partial charge in [-0.05, 0) is 19.1 Å². The van der Waals surface area contributed by atoms with E-state index >= 15 is 0 Å². The first kappa shape index (κ1) is 13.8. The highest BCUT2D eigenvalue weighted by Crippen LogP contribution is 2.30. The van der Waals surface area contributed by atoms with Crippen molar-refractivity contribution < 1.29 is 0 Å². The van der Waals surface area contributed by atoms with Gasteiger partial charge in [-0.3, -0.25) is 0 Å². The first-order valence-corrected chi connectivity index (χ1v) is 6.94. The zero-order chi connectivity index (χ0) is 12.7. The molecule has 0 aliphatic carbocycles. The molecule has 0 spiro atoms. The van der Waals surface area contributed by atoms with Crippen molar-refractivity contribution in [3.8, 4) is 6.07 Å². The topological polar surface area (TPSA) is 61.6 Å². The summed E-state index contributed by atoms with van der Waals surface area (Å²) in [6.45, 7) is 5.17. The summed E-state index contributed by atoms with van der Waals surface area (Å²) in [5.41, 5.74) is 0.356. The molecule has 0 aromatic carbocycles. The summed E-state index contributed by atoms with van der Waals surface area (Å²) in [7, 11) is 0. The highest BCUT2D eigenvalue weighted by atomic mass is 32.2. The molecule has 0 aliphatic heterocycles. The highest BCUT2D eigenvalue weighted by molar-refractivity contribution is 8.00. The van der Waals surface area contributed by atoms with E-state index in [1.165, 1.54) is 6.20 Å². The highest BCUT2D eigenvalue weighted by Gasteiger charge is 2.25. The Hall–Kier alpha value is -1.28. The Morgan fingerprint density at radius 1 is 1.35 bits per heavy atom. The van der Waals surface area contributed by atoms with E-state index < -0.39 is 0 Å². The van der Waals surface area contributed by atoms with Crippen LogP contribution in [0.4, 0.5) is 5.82 Å². The van der Waals surface area contributed by atoms with E-state index in [2.05, 4.69) is 35.4 Å². The van der Waals surface area contributed by atoms with Crippen molar-refractivity contribution in [1.29, 1.82) is 5.26 Å². The Morgan fingerprint density at radius 2 is 2.00 bits per heavy atom. The average molecular weight is 250 g/mol. The predicted octanol–water partition coefficient (Wildman–Crippen LogP) is 2.68. The van der Waals surface area contributed by atoms with Gasteiger partial charge in [-0.25, -0.2) is 9.97 Å². The SMILES string of the molecule is CCC(CC)(CNc1nccnc1C#N)SC. The van der Waals surface area contributed by atoms with Gasteiger partial charge >= 0.3 is 0 Å². The first-order valence-electron chi connectivity index (χ1n) is 5.71. The third kappa shape index (κ3) is 3.34. The smallest absolute Gasteiger partial charge is 0.182 e. The van der Waals surface area contributed by atoms with Gasteiger partial charge in [0.25, 0.3) is 0 Å². The monoisotopic (exact) mass is 250 g/mol. The number of hydrogen-bond donors (Lipinski definition) is 1. The molecule has 0 radical (unpaired) electrons. The summed E-state index contributed by atoms with van der Waals surface area (Å²) < 4.78 is 0.199. The molecule has 1 rings (SSSR count). The third-order valence-electron chi connectivity index (χ3n) is 3.10. The lowest BCUT2D eigenvalue weighted by Gasteiger charge is -2.30. The van der Waals surface area contributed by atoms with Gasteiger partial charge in [0.05, 0.1) is 0 Å². The molecule has 0 fully saturated rings. The summed E-state index contributed by atoms with van der Waals surface area (Å²) in [4.78, 5) is 8.13. The Morgan fingerprint density at radius 3 is 2.53 bits per heavy atom. The van der Waals surface area contributed by atoms with E-state index in [-0.39, 0.29) is 4.75 Å². The number of hydrogen-bond acceptors (Lipinski definition) is 5. The van der Waals surface area contributed by atoms with Gasteiger partial charge in [-0.15, -0.1) is 0 Å². The Labute approximate surface area is 107 Å². The number of aromatic nitrogens is 2. The van der Waals surface area contributed by atoms with Gasteiger partial charge in [0.1, 0.15) is 6.07 Å². The first-order chi connectivity index (χ1) is 8.21. The number of nitriles is 1. The van der Waals surface area contributed by atoms with Crippen LogP contribution in [0.5, 0.6) is 0 Å². The van der Waals surface area contributed by atoms with Gasteiger partial charge in [0.2, 0.25) is 0 Å². The van der Waals surface area contributed by atoms with Gasteiger partial charge in [-0.2, -0.15) is 17.0 Å². The molecule has 0 saturated heterocycles. The van der Waals surface area contributed by atoms with Crippen LogP contribution in [0.2, 0.25) is 0 Å². The van der Waals surface area contributed by atoms with Crippen LogP contribution < -0.4 is 5.32 Å². The summed E-state index contributed by atoms with van der Waals surface area (Å²) in [5.74, 6) is 0.579. The number of nitrogens with one attached hydrogen (secondary N) is 1. The van der Waals surface area contributed by atoms with Crippen molar-refractivity contribution in [3.05, 3.63) is 18.1 Å². The second kappa shape index (κ2) is 6.45. The lowest BCUT2D eigenvalue weighted by molar-refractivity contribution is 0.573. The lowest BCUT2D eigenvalue weighted by Crippen LogP contribution is -2.32. The molecule has 4 nitrogen and oxygen atoms in total. The Bertz CT molecular complexity index is 387. The number of anilines is 1. The van der Waals surface area contributed by atoms with E-state index in [0.29, 0.717) is 11.5 Å². The minimum atomic E-state index is 0.199. The minimum Gasteiger partial charge on any atom is -0.366 e. The maximum atomic E-state index is 8.92. The molecule has 1 heterocycles. The molecule has 5 heteroatoms. The summed E-state index contributed by atoms with van der Waals surface area (Å²) in [6.07, 6.45) is 7.42. The maximum absolute atomic E-state index is 8.92. The van der Waals surface area contributed by atoms with Crippen LogP contribution in [-0.4, -0.2) is 27.5 Å². The zero-order valence-electron chi connectivity index (χ0n) is 10.5. The van der Waals surface area contributed by atoms with Crippen LogP contribution in [0.1, 0.15) is 32.4 Å². The molecule has 0 saturated carbocycles. The average Bonchev–Trinajstić information content (AvgIpc) is 2.41. The fourth-order valence-corrected chi connectivity index (χ4v) is 2.45. The molecule has 0 unspecified atom stereocenters. The third-order valence-corrected chi connectivity index (χ3v) is 4.69. The molecule has 17 heavy (non-hydrogen) atoms. The molecule has 0 bridgehead atoms. The molecule has 0 atom stereocenters. The molecule has 1 N–H and O–H groups in total. The summed E-state index contributed by atoms with van der Waals surface area (Å²) >= 11 is 1.86. The predicted molar refractivity (Wildman–Crippen MR) is 72.1 cm³/mol. The van der Waals surface area contributed by atoms with Crippen LogP contribution in [-0.2, 0) is 0 Å². The van der Waals surface area contributed by atoms with Crippen molar-refractivity contribution in [2.45, 2.75) is 31.4 Å².